The topological polar surface area (TPSA) is 67.1 Å². The molecule has 3 aromatic heterocycles. The Morgan fingerprint density at radius 2 is 2.04 bits per heavy atom. The van der Waals surface area contributed by atoms with Crippen LogP contribution < -0.4 is 10.2 Å². The van der Waals surface area contributed by atoms with Gasteiger partial charge in [-0.1, -0.05) is 16.5 Å². The van der Waals surface area contributed by atoms with Crippen LogP contribution in [0, 0.1) is 0 Å². The van der Waals surface area contributed by atoms with E-state index in [9.17, 15) is 0 Å². The highest BCUT2D eigenvalue weighted by atomic mass is 32.1. The van der Waals surface area contributed by atoms with Crippen LogP contribution >= 0.6 is 22.7 Å². The van der Waals surface area contributed by atoms with E-state index < -0.39 is 0 Å². The van der Waals surface area contributed by atoms with Crippen LogP contribution in [0.2, 0.25) is 0 Å². The van der Waals surface area contributed by atoms with Gasteiger partial charge >= 0.3 is 0 Å². The highest BCUT2D eigenvalue weighted by Gasteiger charge is 2.17. The Morgan fingerprint density at radius 1 is 1.26 bits per heavy atom. The van der Waals surface area contributed by atoms with Crippen LogP contribution in [-0.2, 0) is 6.42 Å². The van der Waals surface area contributed by atoms with E-state index in [1.807, 2.05) is 7.05 Å². The number of fused-ring (bicyclic) bond motifs is 1. The van der Waals surface area contributed by atoms with Crippen molar-refractivity contribution < 1.29 is 4.52 Å². The molecule has 8 heteroatoms. The van der Waals surface area contributed by atoms with E-state index in [1.54, 1.807) is 22.7 Å². The van der Waals surface area contributed by atoms with Gasteiger partial charge in [0.05, 0.1) is 9.58 Å². The Labute approximate surface area is 143 Å². The Hall–Kier alpha value is -1.51. The molecule has 0 saturated heterocycles. The zero-order valence-corrected chi connectivity index (χ0v) is 15.4. The SMILES string of the molecule is CCN(CC)c1nc2sc(-c3nc(CC(C)NC)no3)cc2s1. The molecule has 1 unspecified atom stereocenters. The molecule has 3 heterocycles. The summed E-state index contributed by atoms with van der Waals surface area (Å²) in [5.41, 5.74) is 0. The first kappa shape index (κ1) is 16.4. The zero-order valence-electron chi connectivity index (χ0n) is 13.8. The normalized spacial score (nSPS) is 12.9. The molecular weight excluding hydrogens is 330 g/mol. The van der Waals surface area contributed by atoms with E-state index in [-0.39, 0.29) is 0 Å². The number of nitrogens with zero attached hydrogens (tertiary/aromatic N) is 4. The number of thiophene rings is 1. The quantitative estimate of drug-likeness (QED) is 0.704. The Morgan fingerprint density at radius 3 is 2.70 bits per heavy atom. The van der Waals surface area contributed by atoms with Crippen LogP contribution in [0.3, 0.4) is 0 Å². The summed E-state index contributed by atoms with van der Waals surface area (Å²) in [6.45, 7) is 8.34. The third-order valence-electron chi connectivity index (χ3n) is 3.77. The highest BCUT2D eigenvalue weighted by molar-refractivity contribution is 7.30. The number of hydrogen-bond donors (Lipinski definition) is 1. The molecule has 0 saturated carbocycles. The number of hydrogen-bond acceptors (Lipinski definition) is 8. The van der Waals surface area contributed by atoms with Gasteiger partial charge in [-0.05, 0) is 33.9 Å². The van der Waals surface area contributed by atoms with Gasteiger partial charge < -0.3 is 14.7 Å². The molecule has 0 spiro atoms. The fourth-order valence-electron chi connectivity index (χ4n) is 2.27. The van der Waals surface area contributed by atoms with Crippen molar-refractivity contribution in [3.63, 3.8) is 0 Å². The second-order valence-electron chi connectivity index (χ2n) is 5.36. The summed E-state index contributed by atoms with van der Waals surface area (Å²) >= 11 is 3.32. The molecule has 0 aliphatic heterocycles. The second-order valence-corrected chi connectivity index (χ2v) is 7.40. The molecule has 0 fully saturated rings. The van der Waals surface area contributed by atoms with Crippen LogP contribution in [0.25, 0.3) is 20.3 Å². The summed E-state index contributed by atoms with van der Waals surface area (Å²) in [4.78, 5) is 13.5. The minimum atomic E-state index is 0.325. The number of rotatable bonds is 7. The summed E-state index contributed by atoms with van der Waals surface area (Å²) in [6, 6.07) is 2.43. The summed E-state index contributed by atoms with van der Waals surface area (Å²) in [7, 11) is 1.93. The highest BCUT2D eigenvalue weighted by Crippen LogP contribution is 2.38. The smallest absolute Gasteiger partial charge is 0.268 e. The van der Waals surface area contributed by atoms with Crippen molar-refractivity contribution in [3.8, 4) is 10.8 Å². The standard InChI is InChI=1S/C15H21N5OS2/c1-5-20(6-2)15-18-14-11(23-15)8-10(22-14)13-17-12(19-21-13)7-9(3)16-4/h8-9,16H,5-7H2,1-4H3. The van der Waals surface area contributed by atoms with E-state index in [1.165, 1.54) is 4.70 Å². The Kier molecular flexibility index (Phi) is 4.93. The lowest BCUT2D eigenvalue weighted by atomic mass is 10.2. The molecular formula is C15H21N5OS2. The van der Waals surface area contributed by atoms with Crippen molar-refractivity contribution in [1.82, 2.24) is 20.4 Å². The number of anilines is 1. The van der Waals surface area contributed by atoms with Crippen LogP contribution in [0.4, 0.5) is 5.13 Å². The van der Waals surface area contributed by atoms with Gasteiger partial charge in [0.1, 0.15) is 4.83 Å². The largest absolute Gasteiger partial charge is 0.349 e. The van der Waals surface area contributed by atoms with Gasteiger partial charge in [-0.15, -0.1) is 11.3 Å². The molecule has 1 atom stereocenters. The van der Waals surface area contributed by atoms with Crippen molar-refractivity contribution >= 4 is 37.3 Å². The average Bonchev–Trinajstić information content (AvgIpc) is 3.22. The summed E-state index contributed by atoms with van der Waals surface area (Å²) in [6.07, 6.45) is 0.754. The summed E-state index contributed by atoms with van der Waals surface area (Å²) < 4.78 is 6.58. The van der Waals surface area contributed by atoms with Gasteiger partial charge in [0.25, 0.3) is 5.89 Å². The maximum atomic E-state index is 5.40. The molecule has 0 bridgehead atoms. The van der Waals surface area contributed by atoms with Crippen LogP contribution in [-0.4, -0.2) is 41.3 Å². The monoisotopic (exact) mass is 351 g/mol. The first-order chi connectivity index (χ1) is 11.1. The molecule has 6 nitrogen and oxygen atoms in total. The number of thiazole rings is 1. The summed E-state index contributed by atoms with van der Waals surface area (Å²) in [5.74, 6) is 1.32. The fourth-order valence-corrected chi connectivity index (χ4v) is 4.53. The minimum Gasteiger partial charge on any atom is -0.349 e. The van der Waals surface area contributed by atoms with Crippen molar-refractivity contribution in [3.05, 3.63) is 11.9 Å². The third-order valence-corrected chi connectivity index (χ3v) is 5.98. The van der Waals surface area contributed by atoms with E-state index in [0.29, 0.717) is 11.9 Å². The number of likely N-dealkylation sites (N-methyl/N-ethyl adjacent to an activating group) is 1. The molecule has 0 aliphatic rings. The predicted molar refractivity (Wildman–Crippen MR) is 96.6 cm³/mol. The lowest BCUT2D eigenvalue weighted by molar-refractivity contribution is 0.419. The van der Waals surface area contributed by atoms with Gasteiger partial charge in [-0.25, -0.2) is 4.98 Å². The molecule has 1 N–H and O–H groups in total. The van der Waals surface area contributed by atoms with E-state index in [4.69, 9.17) is 9.51 Å². The van der Waals surface area contributed by atoms with Crippen molar-refractivity contribution in [2.24, 2.45) is 0 Å². The Bertz CT molecular complexity index is 742. The Balaban J connectivity index is 1.82. The molecule has 0 amide bonds. The molecule has 0 aliphatic carbocycles. The van der Waals surface area contributed by atoms with Gasteiger partial charge in [-0.3, -0.25) is 0 Å². The number of nitrogens with one attached hydrogen (secondary N) is 1. The molecule has 124 valence electrons. The lowest BCUT2D eigenvalue weighted by Crippen LogP contribution is -2.24. The minimum absolute atomic E-state index is 0.325. The lowest BCUT2D eigenvalue weighted by Gasteiger charge is -2.16. The second kappa shape index (κ2) is 6.94. The number of aromatic nitrogens is 3. The van der Waals surface area contributed by atoms with Gasteiger partial charge in [0.2, 0.25) is 0 Å². The van der Waals surface area contributed by atoms with Crippen molar-refractivity contribution in [1.29, 1.82) is 0 Å². The maximum absolute atomic E-state index is 5.40. The molecule has 0 aromatic carbocycles. The van der Waals surface area contributed by atoms with Crippen LogP contribution in [0.15, 0.2) is 10.6 Å². The van der Waals surface area contributed by atoms with Gasteiger partial charge in [0, 0.05) is 25.6 Å². The zero-order chi connectivity index (χ0) is 16.4. The van der Waals surface area contributed by atoms with E-state index >= 15 is 0 Å². The van der Waals surface area contributed by atoms with Crippen molar-refractivity contribution in [2.45, 2.75) is 33.2 Å². The molecule has 3 rings (SSSR count). The van der Waals surface area contributed by atoms with Gasteiger partial charge in [-0.2, -0.15) is 4.98 Å². The fraction of sp³-hybridized carbons (Fsp3) is 0.533. The van der Waals surface area contributed by atoms with Crippen molar-refractivity contribution in [2.75, 3.05) is 25.0 Å². The third kappa shape index (κ3) is 3.39. The van der Waals surface area contributed by atoms with Gasteiger partial charge in [0.15, 0.2) is 11.0 Å². The summed E-state index contributed by atoms with van der Waals surface area (Å²) in [5, 5.41) is 8.32. The maximum Gasteiger partial charge on any atom is 0.268 e. The first-order valence-electron chi connectivity index (χ1n) is 7.80. The van der Waals surface area contributed by atoms with Crippen LogP contribution in [0.1, 0.15) is 26.6 Å². The van der Waals surface area contributed by atoms with E-state index in [2.05, 4.69) is 47.2 Å². The van der Waals surface area contributed by atoms with Crippen LogP contribution in [0.5, 0.6) is 0 Å². The predicted octanol–water partition coefficient (Wildman–Crippen LogP) is 3.40. The molecule has 0 radical (unpaired) electrons. The molecule has 23 heavy (non-hydrogen) atoms. The first-order valence-corrected chi connectivity index (χ1v) is 9.43. The molecule has 3 aromatic rings. The average molecular weight is 352 g/mol. The van der Waals surface area contributed by atoms with E-state index in [0.717, 1.165) is 40.2 Å².